The lowest BCUT2D eigenvalue weighted by atomic mass is 9.86. The highest BCUT2D eigenvalue weighted by Crippen LogP contribution is 2.25. The van der Waals surface area contributed by atoms with Gasteiger partial charge in [0.05, 0.1) is 11.1 Å². The van der Waals surface area contributed by atoms with Crippen LogP contribution in [0.3, 0.4) is 0 Å². The summed E-state index contributed by atoms with van der Waals surface area (Å²) >= 11 is 0. The van der Waals surface area contributed by atoms with Gasteiger partial charge >= 0.3 is 0 Å². The van der Waals surface area contributed by atoms with Crippen LogP contribution in [0.1, 0.15) is 60.8 Å². The number of likely N-dealkylation sites (N-methyl/N-ethyl adjacent to an activating group) is 1. The van der Waals surface area contributed by atoms with Gasteiger partial charge in [-0.1, -0.05) is 20.8 Å². The molecule has 0 radical (unpaired) electrons. The summed E-state index contributed by atoms with van der Waals surface area (Å²) in [6.07, 6.45) is 2.22. The third kappa shape index (κ3) is 4.36. The molecule has 0 saturated heterocycles. The minimum absolute atomic E-state index is 0.215. The molecule has 0 aromatic heterocycles. The summed E-state index contributed by atoms with van der Waals surface area (Å²) in [7, 11) is 1.70. The van der Waals surface area contributed by atoms with Crippen LogP contribution in [0.15, 0.2) is 0 Å². The summed E-state index contributed by atoms with van der Waals surface area (Å²) in [6.45, 7) is 14.3. The number of methoxy groups -OCH3 is 1. The van der Waals surface area contributed by atoms with Crippen molar-refractivity contribution >= 4 is 5.78 Å². The first kappa shape index (κ1) is 17.6. The smallest absolute Gasteiger partial charge is 0.152 e. The van der Waals surface area contributed by atoms with Crippen LogP contribution in [0.4, 0.5) is 0 Å². The van der Waals surface area contributed by atoms with Gasteiger partial charge in [0, 0.05) is 13.5 Å². The fourth-order valence-corrected chi connectivity index (χ4v) is 2.30. The van der Waals surface area contributed by atoms with Gasteiger partial charge in [-0.05, 0) is 46.7 Å². The quantitative estimate of drug-likeness (QED) is 0.635. The summed E-state index contributed by atoms with van der Waals surface area (Å²) in [6, 6.07) is 0. The molecule has 0 spiro atoms. The van der Waals surface area contributed by atoms with Crippen LogP contribution in [0.2, 0.25) is 0 Å². The SMILES string of the molecule is CCN(CC)C(C)(CC)C(=O)CCC(C)(C)OC. The number of hydrogen-bond donors (Lipinski definition) is 0. The number of nitrogens with zero attached hydrogens (tertiary/aromatic N) is 1. The lowest BCUT2D eigenvalue weighted by molar-refractivity contribution is -0.132. The van der Waals surface area contributed by atoms with Crippen molar-refractivity contribution in [2.75, 3.05) is 20.2 Å². The molecular formula is C15H31NO2. The molecule has 0 aromatic carbocycles. The molecule has 0 saturated carbocycles. The number of ether oxygens (including phenoxy) is 1. The van der Waals surface area contributed by atoms with E-state index in [1.165, 1.54) is 0 Å². The highest BCUT2D eigenvalue weighted by atomic mass is 16.5. The Morgan fingerprint density at radius 1 is 1.11 bits per heavy atom. The minimum atomic E-state index is -0.326. The zero-order chi connectivity index (χ0) is 14.4. The van der Waals surface area contributed by atoms with Crippen molar-refractivity contribution in [2.45, 2.75) is 71.9 Å². The van der Waals surface area contributed by atoms with E-state index in [-0.39, 0.29) is 11.1 Å². The Balaban J connectivity index is 4.71. The molecule has 0 fully saturated rings. The molecule has 0 bridgehead atoms. The summed E-state index contributed by atoms with van der Waals surface area (Å²) in [4.78, 5) is 14.8. The Labute approximate surface area is 113 Å². The zero-order valence-electron chi connectivity index (χ0n) is 13.3. The van der Waals surface area contributed by atoms with E-state index in [0.717, 1.165) is 25.9 Å². The fourth-order valence-electron chi connectivity index (χ4n) is 2.30. The monoisotopic (exact) mass is 257 g/mol. The second kappa shape index (κ2) is 7.25. The van der Waals surface area contributed by atoms with E-state index in [1.54, 1.807) is 7.11 Å². The molecule has 0 amide bonds. The molecule has 0 N–H and O–H groups in total. The number of Topliss-reactive ketones (excluding diaryl/α,β-unsaturated/α-hetero) is 1. The van der Waals surface area contributed by atoms with Gasteiger partial charge in [-0.3, -0.25) is 9.69 Å². The predicted molar refractivity (Wildman–Crippen MR) is 76.9 cm³/mol. The third-order valence-corrected chi connectivity index (χ3v) is 4.26. The van der Waals surface area contributed by atoms with Crippen molar-refractivity contribution in [1.29, 1.82) is 0 Å². The average molecular weight is 257 g/mol. The van der Waals surface area contributed by atoms with E-state index >= 15 is 0 Å². The lowest BCUT2D eigenvalue weighted by Crippen LogP contribution is -2.52. The van der Waals surface area contributed by atoms with Crippen LogP contribution in [-0.4, -0.2) is 42.0 Å². The van der Waals surface area contributed by atoms with Crippen LogP contribution in [0, 0.1) is 0 Å². The number of carbonyl (C=O) groups is 1. The molecule has 0 aliphatic carbocycles. The highest BCUT2D eigenvalue weighted by Gasteiger charge is 2.36. The molecule has 0 heterocycles. The molecule has 0 rings (SSSR count). The molecule has 1 atom stereocenters. The summed E-state index contributed by atoms with van der Waals surface area (Å²) in [5.41, 5.74) is -0.541. The second-order valence-electron chi connectivity index (χ2n) is 5.69. The summed E-state index contributed by atoms with van der Waals surface area (Å²) in [5, 5.41) is 0. The van der Waals surface area contributed by atoms with Crippen LogP contribution >= 0.6 is 0 Å². The van der Waals surface area contributed by atoms with Crippen molar-refractivity contribution < 1.29 is 9.53 Å². The molecule has 0 aromatic rings. The Kier molecular flexibility index (Phi) is 7.08. The molecular weight excluding hydrogens is 226 g/mol. The van der Waals surface area contributed by atoms with Gasteiger partial charge in [-0.15, -0.1) is 0 Å². The topological polar surface area (TPSA) is 29.5 Å². The molecule has 3 heteroatoms. The van der Waals surface area contributed by atoms with Crippen molar-refractivity contribution in [2.24, 2.45) is 0 Å². The van der Waals surface area contributed by atoms with E-state index in [0.29, 0.717) is 12.2 Å². The Hall–Kier alpha value is -0.410. The molecule has 108 valence electrons. The first-order valence-electron chi connectivity index (χ1n) is 7.10. The summed E-state index contributed by atoms with van der Waals surface area (Å²) in [5.74, 6) is 0.332. The molecule has 18 heavy (non-hydrogen) atoms. The minimum Gasteiger partial charge on any atom is -0.379 e. The van der Waals surface area contributed by atoms with E-state index in [4.69, 9.17) is 4.74 Å². The standard InChI is InChI=1S/C15H31NO2/c1-8-15(6,16(9-2)10-3)13(17)11-12-14(4,5)18-7/h8-12H2,1-7H3. The largest absolute Gasteiger partial charge is 0.379 e. The summed E-state index contributed by atoms with van der Waals surface area (Å²) < 4.78 is 5.38. The number of hydrogen-bond acceptors (Lipinski definition) is 3. The molecule has 0 aliphatic rings. The number of rotatable bonds is 9. The average Bonchev–Trinajstić information content (AvgIpc) is 2.37. The Bertz CT molecular complexity index is 259. The number of carbonyl (C=O) groups excluding carboxylic acids is 1. The van der Waals surface area contributed by atoms with Crippen molar-refractivity contribution in [1.82, 2.24) is 4.90 Å². The normalized spacial score (nSPS) is 15.8. The van der Waals surface area contributed by atoms with Gasteiger partial charge in [0.2, 0.25) is 0 Å². The van der Waals surface area contributed by atoms with E-state index < -0.39 is 0 Å². The predicted octanol–water partition coefficient (Wildman–Crippen LogP) is 3.27. The van der Waals surface area contributed by atoms with Crippen LogP contribution < -0.4 is 0 Å². The molecule has 3 nitrogen and oxygen atoms in total. The van der Waals surface area contributed by atoms with Crippen molar-refractivity contribution in [3.63, 3.8) is 0 Å². The Morgan fingerprint density at radius 2 is 1.61 bits per heavy atom. The third-order valence-electron chi connectivity index (χ3n) is 4.26. The molecule has 1 unspecified atom stereocenters. The first-order chi connectivity index (χ1) is 8.27. The lowest BCUT2D eigenvalue weighted by Gasteiger charge is -2.39. The Morgan fingerprint density at radius 3 is 1.94 bits per heavy atom. The van der Waals surface area contributed by atoms with Gasteiger partial charge in [-0.2, -0.15) is 0 Å². The second-order valence-corrected chi connectivity index (χ2v) is 5.69. The van der Waals surface area contributed by atoms with Gasteiger partial charge in [-0.25, -0.2) is 0 Å². The van der Waals surface area contributed by atoms with Gasteiger partial charge in [0.1, 0.15) is 0 Å². The first-order valence-corrected chi connectivity index (χ1v) is 7.10. The maximum absolute atomic E-state index is 12.5. The van der Waals surface area contributed by atoms with Gasteiger partial charge in [0.25, 0.3) is 0 Å². The van der Waals surface area contributed by atoms with E-state index in [9.17, 15) is 4.79 Å². The van der Waals surface area contributed by atoms with Crippen molar-refractivity contribution in [3.8, 4) is 0 Å². The maximum Gasteiger partial charge on any atom is 0.152 e. The van der Waals surface area contributed by atoms with Gasteiger partial charge in [0.15, 0.2) is 5.78 Å². The number of ketones is 1. The van der Waals surface area contributed by atoms with Crippen molar-refractivity contribution in [3.05, 3.63) is 0 Å². The zero-order valence-corrected chi connectivity index (χ0v) is 13.3. The fraction of sp³-hybridized carbons (Fsp3) is 0.933. The van der Waals surface area contributed by atoms with Crippen LogP contribution in [0.5, 0.6) is 0 Å². The maximum atomic E-state index is 12.5. The van der Waals surface area contributed by atoms with E-state index in [1.807, 2.05) is 13.8 Å². The highest BCUT2D eigenvalue weighted by molar-refractivity contribution is 5.88. The van der Waals surface area contributed by atoms with E-state index in [2.05, 4.69) is 32.6 Å². The van der Waals surface area contributed by atoms with Crippen LogP contribution in [-0.2, 0) is 9.53 Å². The molecule has 0 aliphatic heterocycles. The van der Waals surface area contributed by atoms with Crippen LogP contribution in [0.25, 0.3) is 0 Å². The van der Waals surface area contributed by atoms with Gasteiger partial charge < -0.3 is 4.74 Å².